The second kappa shape index (κ2) is 11.1. The Morgan fingerprint density at radius 1 is 1.27 bits per heavy atom. The zero-order valence-corrected chi connectivity index (χ0v) is 21.0. The number of nitrogens with zero attached hydrogens (tertiary/aromatic N) is 2. The monoisotopic (exact) mass is 505 g/mol. The van der Waals surface area contributed by atoms with Gasteiger partial charge in [0.2, 0.25) is 5.91 Å². The highest BCUT2D eigenvalue weighted by Crippen LogP contribution is 2.42. The van der Waals surface area contributed by atoms with Crippen LogP contribution in [0.15, 0.2) is 29.6 Å². The molecule has 1 saturated heterocycles. The molecule has 184 valence electrons. The molecule has 0 spiro atoms. The Labute approximate surface area is 202 Å². The van der Waals surface area contributed by atoms with Gasteiger partial charge in [0.15, 0.2) is 10.8 Å². The van der Waals surface area contributed by atoms with E-state index in [4.69, 9.17) is 16.7 Å². The second-order valence-corrected chi connectivity index (χ2v) is 10.3. The molecule has 2 atom stereocenters. The number of piperidine rings is 1. The van der Waals surface area contributed by atoms with Crippen molar-refractivity contribution in [1.29, 1.82) is 0 Å². The van der Waals surface area contributed by atoms with E-state index < -0.39 is 17.9 Å². The van der Waals surface area contributed by atoms with Gasteiger partial charge < -0.3 is 15.3 Å². The first-order chi connectivity index (χ1) is 15.4. The normalized spacial score (nSPS) is 19.0. The number of rotatable bonds is 5. The highest BCUT2D eigenvalue weighted by molar-refractivity contribution is 7.13. The van der Waals surface area contributed by atoms with Crippen LogP contribution in [0, 0.1) is 11.3 Å². The van der Waals surface area contributed by atoms with Crippen LogP contribution in [0.3, 0.4) is 0 Å². The number of benzene rings is 1. The summed E-state index contributed by atoms with van der Waals surface area (Å²) in [5.41, 5.74) is 0.0934. The van der Waals surface area contributed by atoms with Crippen molar-refractivity contribution in [3.05, 3.63) is 45.9 Å². The van der Waals surface area contributed by atoms with Gasteiger partial charge in [-0.05, 0) is 41.4 Å². The topological polar surface area (TPSA) is 65.5 Å². The Bertz CT molecular complexity index is 916. The zero-order valence-electron chi connectivity index (χ0n) is 19.4. The molecule has 2 heterocycles. The summed E-state index contributed by atoms with van der Waals surface area (Å²) in [5, 5.41) is 11.7. The van der Waals surface area contributed by atoms with Gasteiger partial charge >= 0.3 is 6.18 Å². The predicted octanol–water partition coefficient (Wildman–Crippen LogP) is 5.90. The standard InChI is InChI=1S/C22H27ClF3N3OS.CH4O/c1-13(2)18(28-20-27-17(11-31-20)22(24,25)26)19(30)29-10-9-16(21(3,4)12-29)14-5-7-15(23)8-6-14;1-2/h5-8,11,13,16,18H,9-10,12H2,1-4H3,(H,27,28);2H,1H3. The van der Waals surface area contributed by atoms with E-state index in [9.17, 15) is 18.0 Å². The number of alkyl halides is 3. The number of halogens is 4. The molecule has 3 rings (SSSR count). The minimum Gasteiger partial charge on any atom is -0.400 e. The largest absolute Gasteiger partial charge is 0.434 e. The molecule has 0 bridgehead atoms. The SMILES string of the molecule is CC(C)C(Nc1nc(C(F)(F)F)cs1)C(=O)N1CCC(c2ccc(Cl)cc2)C(C)(C)C1.CO. The summed E-state index contributed by atoms with van der Waals surface area (Å²) in [4.78, 5) is 18.8. The van der Waals surface area contributed by atoms with Crippen molar-refractivity contribution in [3.8, 4) is 0 Å². The maximum absolute atomic E-state index is 13.3. The van der Waals surface area contributed by atoms with Gasteiger partial charge in [-0.25, -0.2) is 4.98 Å². The third-order valence-corrected chi connectivity index (χ3v) is 6.85. The van der Waals surface area contributed by atoms with E-state index in [2.05, 4.69) is 24.1 Å². The van der Waals surface area contributed by atoms with Crippen LogP contribution in [-0.2, 0) is 11.0 Å². The zero-order chi connectivity index (χ0) is 25.0. The van der Waals surface area contributed by atoms with Crippen LogP contribution >= 0.6 is 22.9 Å². The average molecular weight is 506 g/mol. The maximum Gasteiger partial charge on any atom is 0.434 e. The molecule has 1 fully saturated rings. The van der Waals surface area contributed by atoms with Gasteiger partial charge in [-0.1, -0.05) is 51.4 Å². The fourth-order valence-corrected chi connectivity index (χ4v) is 5.05. The number of amides is 1. The molecular formula is C23H31ClF3N3O2S. The summed E-state index contributed by atoms with van der Waals surface area (Å²) < 4.78 is 38.6. The lowest BCUT2D eigenvalue weighted by Crippen LogP contribution is -2.53. The van der Waals surface area contributed by atoms with Gasteiger partial charge in [-0.15, -0.1) is 11.3 Å². The molecule has 2 aromatic rings. The van der Waals surface area contributed by atoms with Crippen molar-refractivity contribution in [2.24, 2.45) is 11.3 Å². The Morgan fingerprint density at radius 2 is 1.88 bits per heavy atom. The highest BCUT2D eigenvalue weighted by atomic mass is 35.5. The van der Waals surface area contributed by atoms with Crippen molar-refractivity contribution in [1.82, 2.24) is 9.88 Å². The number of carbonyl (C=O) groups is 1. The quantitative estimate of drug-likeness (QED) is 0.530. The molecule has 0 radical (unpaired) electrons. The molecule has 2 N–H and O–H groups in total. The van der Waals surface area contributed by atoms with Crippen LogP contribution in [0.5, 0.6) is 0 Å². The first-order valence-electron chi connectivity index (χ1n) is 10.7. The van der Waals surface area contributed by atoms with Gasteiger partial charge in [0.25, 0.3) is 0 Å². The molecular weight excluding hydrogens is 475 g/mol. The Morgan fingerprint density at radius 3 is 2.36 bits per heavy atom. The maximum atomic E-state index is 13.3. The van der Waals surface area contributed by atoms with Crippen LogP contribution in [0.1, 0.15) is 51.3 Å². The molecule has 33 heavy (non-hydrogen) atoms. The van der Waals surface area contributed by atoms with Crippen LogP contribution in [0.25, 0.3) is 0 Å². The number of aliphatic hydroxyl groups excluding tert-OH is 1. The number of carbonyl (C=O) groups excluding carboxylic acids is 1. The third kappa shape index (κ3) is 6.83. The van der Waals surface area contributed by atoms with E-state index in [0.29, 0.717) is 18.1 Å². The number of hydrogen-bond donors (Lipinski definition) is 2. The van der Waals surface area contributed by atoms with E-state index in [1.165, 1.54) is 5.56 Å². The van der Waals surface area contributed by atoms with Crippen LogP contribution in [0.2, 0.25) is 5.02 Å². The van der Waals surface area contributed by atoms with Crippen LogP contribution in [0.4, 0.5) is 18.3 Å². The molecule has 0 saturated carbocycles. The fourth-order valence-electron chi connectivity index (χ4n) is 4.17. The summed E-state index contributed by atoms with van der Waals surface area (Å²) in [7, 11) is 1.00. The van der Waals surface area contributed by atoms with Crippen molar-refractivity contribution in [2.75, 3.05) is 25.5 Å². The Hall–Kier alpha value is -1.84. The number of anilines is 1. The Balaban J connectivity index is 0.00000187. The molecule has 1 amide bonds. The van der Waals surface area contributed by atoms with Gasteiger partial charge in [0, 0.05) is 30.6 Å². The van der Waals surface area contributed by atoms with Crippen LogP contribution < -0.4 is 5.32 Å². The van der Waals surface area contributed by atoms with Gasteiger partial charge in [-0.3, -0.25) is 4.79 Å². The summed E-state index contributed by atoms with van der Waals surface area (Å²) in [6.45, 7) is 9.18. The minimum atomic E-state index is -4.50. The average Bonchev–Trinajstić information content (AvgIpc) is 3.22. The lowest BCUT2D eigenvalue weighted by molar-refractivity contribution is -0.140. The molecule has 1 aromatic heterocycles. The van der Waals surface area contributed by atoms with E-state index in [1.54, 1.807) is 0 Å². The number of likely N-dealkylation sites (tertiary alicyclic amines) is 1. The highest BCUT2D eigenvalue weighted by Gasteiger charge is 2.40. The first-order valence-corrected chi connectivity index (χ1v) is 11.9. The smallest absolute Gasteiger partial charge is 0.400 e. The molecule has 2 unspecified atom stereocenters. The van der Waals surface area contributed by atoms with E-state index >= 15 is 0 Å². The predicted molar refractivity (Wildman–Crippen MR) is 127 cm³/mol. The lowest BCUT2D eigenvalue weighted by Gasteiger charge is -2.45. The van der Waals surface area contributed by atoms with E-state index in [-0.39, 0.29) is 28.3 Å². The van der Waals surface area contributed by atoms with Crippen molar-refractivity contribution in [2.45, 2.75) is 52.3 Å². The van der Waals surface area contributed by atoms with Gasteiger partial charge in [-0.2, -0.15) is 13.2 Å². The summed E-state index contributed by atoms with van der Waals surface area (Å²) in [6.07, 6.45) is -3.69. The molecule has 0 aliphatic carbocycles. The number of hydrogen-bond acceptors (Lipinski definition) is 5. The molecule has 1 aliphatic rings. The Kier molecular flexibility index (Phi) is 9.18. The van der Waals surface area contributed by atoms with Crippen molar-refractivity contribution in [3.63, 3.8) is 0 Å². The number of aromatic nitrogens is 1. The lowest BCUT2D eigenvalue weighted by atomic mass is 9.70. The van der Waals surface area contributed by atoms with Crippen LogP contribution in [-0.4, -0.2) is 47.1 Å². The molecule has 1 aliphatic heterocycles. The van der Waals surface area contributed by atoms with Crippen molar-refractivity contribution < 1.29 is 23.1 Å². The summed E-state index contributed by atoms with van der Waals surface area (Å²) >= 11 is 6.88. The van der Waals surface area contributed by atoms with Crippen molar-refractivity contribution >= 4 is 34.0 Å². The molecule has 1 aromatic carbocycles. The first kappa shape index (κ1) is 27.4. The molecule has 10 heteroatoms. The summed E-state index contributed by atoms with van der Waals surface area (Å²) in [6, 6.07) is 7.19. The number of nitrogens with one attached hydrogen (secondary N) is 1. The molecule has 5 nitrogen and oxygen atoms in total. The minimum absolute atomic E-state index is 0.106. The van der Waals surface area contributed by atoms with Gasteiger partial charge in [0.05, 0.1) is 0 Å². The third-order valence-electron chi connectivity index (χ3n) is 5.82. The number of aliphatic hydroxyl groups is 1. The van der Waals surface area contributed by atoms with E-state index in [1.807, 2.05) is 43.0 Å². The fraction of sp³-hybridized carbons (Fsp3) is 0.565. The number of thiazole rings is 1. The van der Waals surface area contributed by atoms with E-state index in [0.717, 1.165) is 30.2 Å². The van der Waals surface area contributed by atoms with Gasteiger partial charge in [0.1, 0.15) is 6.04 Å². The second-order valence-electron chi connectivity index (χ2n) is 9.04. The summed E-state index contributed by atoms with van der Waals surface area (Å²) in [5.74, 6) is 0.0665.